The highest BCUT2D eigenvalue weighted by Gasteiger charge is 2.27. The highest BCUT2D eigenvalue weighted by Crippen LogP contribution is 2.39. The van der Waals surface area contributed by atoms with E-state index in [9.17, 15) is 0 Å². The molecule has 1 aliphatic rings. The second kappa shape index (κ2) is 5.36. The lowest BCUT2D eigenvalue weighted by molar-refractivity contribution is 0.858. The van der Waals surface area contributed by atoms with E-state index in [4.69, 9.17) is 4.98 Å². The fourth-order valence-electron chi connectivity index (χ4n) is 2.07. The molecule has 0 aliphatic heterocycles. The van der Waals surface area contributed by atoms with Crippen molar-refractivity contribution in [3.05, 3.63) is 28.0 Å². The molecule has 2 heterocycles. The van der Waals surface area contributed by atoms with E-state index in [0.29, 0.717) is 5.92 Å². The van der Waals surface area contributed by atoms with E-state index in [1.54, 1.807) is 11.3 Å². The van der Waals surface area contributed by atoms with E-state index in [1.165, 1.54) is 17.7 Å². The Hall–Kier alpha value is -1.69. The molecule has 0 atom stereocenters. The summed E-state index contributed by atoms with van der Waals surface area (Å²) in [5.74, 6) is 3.39. The van der Waals surface area contributed by atoms with Crippen LogP contribution in [0.25, 0.3) is 0 Å². The van der Waals surface area contributed by atoms with Gasteiger partial charge in [-0.05, 0) is 19.8 Å². The first-order valence-corrected chi connectivity index (χ1v) is 7.72. The molecule has 106 valence electrons. The monoisotopic (exact) mass is 289 g/mol. The minimum absolute atomic E-state index is 0.556. The van der Waals surface area contributed by atoms with Crippen LogP contribution in [0.2, 0.25) is 0 Å². The van der Waals surface area contributed by atoms with Gasteiger partial charge in [0.2, 0.25) is 0 Å². The summed E-state index contributed by atoms with van der Waals surface area (Å²) < 4.78 is 0. The molecule has 2 aromatic heterocycles. The highest BCUT2D eigenvalue weighted by atomic mass is 32.1. The molecule has 3 rings (SSSR count). The van der Waals surface area contributed by atoms with Crippen LogP contribution in [-0.4, -0.2) is 29.0 Å². The van der Waals surface area contributed by atoms with Crippen LogP contribution < -0.4 is 10.2 Å². The van der Waals surface area contributed by atoms with Gasteiger partial charge in [-0.15, -0.1) is 11.3 Å². The van der Waals surface area contributed by atoms with E-state index in [1.807, 2.05) is 25.5 Å². The Balaban J connectivity index is 1.84. The van der Waals surface area contributed by atoms with Gasteiger partial charge in [-0.3, -0.25) is 0 Å². The van der Waals surface area contributed by atoms with Gasteiger partial charge in [-0.2, -0.15) is 0 Å². The Bertz CT molecular complexity index is 605. The van der Waals surface area contributed by atoms with Gasteiger partial charge in [0.25, 0.3) is 0 Å². The molecule has 1 saturated carbocycles. The molecule has 2 aromatic rings. The lowest BCUT2D eigenvalue weighted by atomic mass is 10.3. The largest absolute Gasteiger partial charge is 0.373 e. The van der Waals surface area contributed by atoms with Crippen molar-refractivity contribution in [1.29, 1.82) is 0 Å². The Labute approximate surface area is 123 Å². The normalized spacial score (nSPS) is 14.3. The zero-order chi connectivity index (χ0) is 14.1. The van der Waals surface area contributed by atoms with E-state index >= 15 is 0 Å². The van der Waals surface area contributed by atoms with E-state index in [2.05, 4.69) is 27.2 Å². The molecule has 1 aliphatic carbocycles. The first-order chi connectivity index (χ1) is 9.67. The van der Waals surface area contributed by atoms with Crippen LogP contribution in [0, 0.1) is 6.92 Å². The molecule has 0 saturated heterocycles. The molecule has 0 amide bonds. The Kier molecular flexibility index (Phi) is 3.56. The number of anilines is 2. The Morgan fingerprint density at radius 2 is 2.20 bits per heavy atom. The maximum atomic E-state index is 4.71. The van der Waals surface area contributed by atoms with Gasteiger partial charge in [-0.1, -0.05) is 0 Å². The van der Waals surface area contributed by atoms with Crippen LogP contribution in [0.5, 0.6) is 0 Å². The van der Waals surface area contributed by atoms with Crippen molar-refractivity contribution in [2.24, 2.45) is 0 Å². The summed E-state index contributed by atoms with van der Waals surface area (Å²) in [4.78, 5) is 17.0. The first-order valence-electron chi connectivity index (χ1n) is 6.84. The predicted octanol–water partition coefficient (Wildman–Crippen LogP) is 2.80. The number of hydrogen-bond donors (Lipinski definition) is 1. The van der Waals surface area contributed by atoms with Crippen molar-refractivity contribution < 1.29 is 0 Å². The Morgan fingerprint density at radius 1 is 1.40 bits per heavy atom. The van der Waals surface area contributed by atoms with E-state index < -0.39 is 0 Å². The van der Waals surface area contributed by atoms with Crippen molar-refractivity contribution >= 4 is 23.0 Å². The summed E-state index contributed by atoms with van der Waals surface area (Å²) in [6.45, 7) is 2.88. The number of nitrogens with zero attached hydrogens (tertiary/aromatic N) is 4. The lowest BCUT2D eigenvalue weighted by Gasteiger charge is -2.19. The minimum Gasteiger partial charge on any atom is -0.373 e. The third-order valence-corrected chi connectivity index (χ3v) is 4.47. The fraction of sp³-hybridized carbons (Fsp3) is 0.500. The van der Waals surface area contributed by atoms with Crippen LogP contribution in [0.4, 0.5) is 11.6 Å². The third-order valence-electron chi connectivity index (χ3n) is 3.55. The molecule has 0 bridgehead atoms. The molecular weight excluding hydrogens is 270 g/mol. The van der Waals surface area contributed by atoms with Crippen molar-refractivity contribution in [2.75, 3.05) is 24.3 Å². The smallest absolute Gasteiger partial charge is 0.136 e. The molecule has 0 spiro atoms. The summed E-state index contributed by atoms with van der Waals surface area (Å²) in [5.41, 5.74) is 3.00. The van der Waals surface area contributed by atoms with Crippen LogP contribution in [-0.2, 0) is 6.54 Å². The SMILES string of the molecule is CNc1cc(N(C)Cc2scnc2C)nc(C2CC2)n1. The topological polar surface area (TPSA) is 53.9 Å². The number of aryl methyl sites for hydroxylation is 1. The molecule has 5 nitrogen and oxygen atoms in total. The summed E-state index contributed by atoms with van der Waals surface area (Å²) in [6.07, 6.45) is 2.43. The quantitative estimate of drug-likeness (QED) is 0.917. The molecule has 1 N–H and O–H groups in total. The molecule has 0 aromatic carbocycles. The van der Waals surface area contributed by atoms with Gasteiger partial charge in [0.1, 0.15) is 17.5 Å². The van der Waals surface area contributed by atoms with Gasteiger partial charge in [0.05, 0.1) is 17.7 Å². The number of thiazole rings is 1. The second-order valence-electron chi connectivity index (χ2n) is 5.21. The third kappa shape index (κ3) is 2.75. The van der Waals surface area contributed by atoms with Gasteiger partial charge in [0, 0.05) is 31.0 Å². The number of rotatable bonds is 5. The molecule has 0 radical (unpaired) electrons. The van der Waals surface area contributed by atoms with Gasteiger partial charge in [0.15, 0.2) is 0 Å². The standard InChI is InChI=1S/C14H19N5S/c1-9-11(20-8-16-9)7-19(3)13-6-12(15-2)17-14(18-13)10-4-5-10/h6,8,10H,4-5,7H2,1-3H3,(H,15,17,18). The lowest BCUT2D eigenvalue weighted by Crippen LogP contribution is -2.19. The zero-order valence-corrected chi connectivity index (χ0v) is 12.9. The van der Waals surface area contributed by atoms with Crippen molar-refractivity contribution in [3.8, 4) is 0 Å². The number of nitrogens with one attached hydrogen (secondary N) is 1. The highest BCUT2D eigenvalue weighted by molar-refractivity contribution is 7.09. The molecule has 0 unspecified atom stereocenters. The molecular formula is C14H19N5S. The van der Waals surface area contributed by atoms with E-state index in [0.717, 1.165) is 29.7 Å². The average molecular weight is 289 g/mol. The van der Waals surface area contributed by atoms with Crippen LogP contribution in [0.3, 0.4) is 0 Å². The summed E-state index contributed by atoms with van der Waals surface area (Å²) in [6, 6.07) is 2.00. The molecule has 6 heteroatoms. The molecule has 20 heavy (non-hydrogen) atoms. The summed E-state index contributed by atoms with van der Waals surface area (Å²) in [5, 5.41) is 3.13. The second-order valence-corrected chi connectivity index (χ2v) is 6.15. The average Bonchev–Trinajstić information content (AvgIpc) is 3.24. The van der Waals surface area contributed by atoms with Crippen LogP contribution in [0.1, 0.15) is 35.2 Å². The van der Waals surface area contributed by atoms with Gasteiger partial charge < -0.3 is 10.2 Å². The fourth-order valence-corrected chi connectivity index (χ4v) is 2.90. The van der Waals surface area contributed by atoms with Crippen molar-refractivity contribution in [1.82, 2.24) is 15.0 Å². The van der Waals surface area contributed by atoms with Crippen molar-refractivity contribution in [3.63, 3.8) is 0 Å². The van der Waals surface area contributed by atoms with Crippen LogP contribution in [0.15, 0.2) is 11.6 Å². The predicted molar refractivity (Wildman–Crippen MR) is 82.5 cm³/mol. The zero-order valence-electron chi connectivity index (χ0n) is 12.1. The maximum absolute atomic E-state index is 4.71. The maximum Gasteiger partial charge on any atom is 0.136 e. The first kappa shape index (κ1) is 13.3. The van der Waals surface area contributed by atoms with Crippen LogP contribution >= 0.6 is 11.3 Å². The Morgan fingerprint density at radius 3 is 2.80 bits per heavy atom. The molecule has 1 fully saturated rings. The number of hydrogen-bond acceptors (Lipinski definition) is 6. The summed E-state index contributed by atoms with van der Waals surface area (Å²) >= 11 is 1.69. The number of aromatic nitrogens is 3. The van der Waals surface area contributed by atoms with Gasteiger partial charge >= 0.3 is 0 Å². The van der Waals surface area contributed by atoms with E-state index in [-0.39, 0.29) is 0 Å². The van der Waals surface area contributed by atoms with Crippen molar-refractivity contribution in [2.45, 2.75) is 32.2 Å². The summed E-state index contributed by atoms with van der Waals surface area (Å²) in [7, 11) is 3.97. The van der Waals surface area contributed by atoms with Gasteiger partial charge in [-0.25, -0.2) is 15.0 Å². The minimum atomic E-state index is 0.556.